The van der Waals surface area contributed by atoms with Gasteiger partial charge in [0.15, 0.2) is 5.16 Å². The highest BCUT2D eigenvalue weighted by Crippen LogP contribution is 2.35. The molecule has 1 aromatic carbocycles. The lowest BCUT2D eigenvalue weighted by molar-refractivity contribution is -0.120. The van der Waals surface area contributed by atoms with Gasteiger partial charge in [-0.05, 0) is 63.1 Å². The van der Waals surface area contributed by atoms with Crippen LogP contribution in [0.5, 0.6) is 5.75 Å². The Morgan fingerprint density at radius 1 is 1.28 bits per heavy atom. The number of thioether (sulfide) groups is 1. The van der Waals surface area contributed by atoms with Crippen molar-refractivity contribution in [3.8, 4) is 11.4 Å². The van der Waals surface area contributed by atoms with Gasteiger partial charge in [0, 0.05) is 17.0 Å². The molecule has 2 aliphatic rings. The Labute approximate surface area is 195 Å². The number of hydrogen-bond donors (Lipinski definition) is 1. The number of aromatic nitrogens is 2. The summed E-state index contributed by atoms with van der Waals surface area (Å²) in [5.74, 6) is 0.667. The largest absolute Gasteiger partial charge is 0.497 e. The number of nitrogens with zero attached hydrogens (tertiary/aromatic N) is 2. The average molecular weight is 470 g/mol. The number of fused-ring (bicyclic) bond motifs is 3. The van der Waals surface area contributed by atoms with Crippen molar-refractivity contribution in [3.05, 3.63) is 45.1 Å². The zero-order chi connectivity index (χ0) is 22.2. The third kappa shape index (κ3) is 4.18. The Morgan fingerprint density at radius 2 is 2.09 bits per heavy atom. The highest BCUT2D eigenvalue weighted by molar-refractivity contribution is 8.00. The summed E-state index contributed by atoms with van der Waals surface area (Å²) in [6.45, 7) is 1.87. The van der Waals surface area contributed by atoms with Crippen LogP contribution in [0.15, 0.2) is 34.2 Å². The van der Waals surface area contributed by atoms with Crippen LogP contribution in [0.1, 0.15) is 49.5 Å². The number of aryl methyl sites for hydroxylation is 2. The van der Waals surface area contributed by atoms with Gasteiger partial charge in [-0.15, -0.1) is 11.3 Å². The van der Waals surface area contributed by atoms with Crippen molar-refractivity contribution < 1.29 is 9.53 Å². The molecule has 2 aromatic heterocycles. The monoisotopic (exact) mass is 469 g/mol. The lowest BCUT2D eigenvalue weighted by Crippen LogP contribution is -2.33. The summed E-state index contributed by atoms with van der Waals surface area (Å²) in [5.41, 5.74) is 1.82. The predicted octanol–water partition coefficient (Wildman–Crippen LogP) is 4.48. The number of benzene rings is 1. The molecular weight excluding hydrogens is 442 g/mol. The first-order valence-electron chi connectivity index (χ1n) is 11.2. The van der Waals surface area contributed by atoms with Gasteiger partial charge in [-0.3, -0.25) is 14.2 Å². The third-order valence-corrected chi connectivity index (χ3v) is 8.33. The molecule has 1 atom stereocenters. The first-order valence-corrected chi connectivity index (χ1v) is 12.9. The summed E-state index contributed by atoms with van der Waals surface area (Å²) in [4.78, 5) is 33.6. The molecule has 1 amide bonds. The number of carbonyl (C=O) groups excluding carboxylic acids is 1. The molecule has 0 aliphatic heterocycles. The Bertz CT molecular complexity index is 1230. The van der Waals surface area contributed by atoms with Crippen LogP contribution in [0.2, 0.25) is 0 Å². The quantitative estimate of drug-likeness (QED) is 0.327. The Kier molecular flexibility index (Phi) is 5.99. The summed E-state index contributed by atoms with van der Waals surface area (Å²) >= 11 is 2.99. The number of carbonyl (C=O) groups is 1. The number of rotatable bonds is 6. The van der Waals surface area contributed by atoms with Crippen LogP contribution < -0.4 is 15.6 Å². The minimum atomic E-state index is -0.352. The van der Waals surface area contributed by atoms with Crippen LogP contribution >= 0.6 is 23.1 Å². The summed E-state index contributed by atoms with van der Waals surface area (Å²) in [7, 11) is 1.61. The minimum Gasteiger partial charge on any atom is -0.497 e. The molecule has 8 heteroatoms. The summed E-state index contributed by atoms with van der Waals surface area (Å²) in [6, 6.07) is 7.77. The van der Waals surface area contributed by atoms with Crippen LogP contribution in [0.4, 0.5) is 0 Å². The van der Waals surface area contributed by atoms with E-state index in [1.54, 1.807) is 23.0 Å². The van der Waals surface area contributed by atoms with Crippen molar-refractivity contribution in [2.75, 3.05) is 7.11 Å². The van der Waals surface area contributed by atoms with Crippen molar-refractivity contribution in [2.45, 2.75) is 68.3 Å². The SMILES string of the molecule is COc1cccc(-n2c(SC(C)C(=O)NC3CC3)nc3sc4c(c3c2=O)CCCCC4)c1. The molecule has 1 saturated carbocycles. The molecule has 2 aliphatic carbocycles. The van der Waals surface area contributed by atoms with E-state index in [1.165, 1.54) is 28.6 Å². The first-order chi connectivity index (χ1) is 15.5. The molecule has 0 saturated heterocycles. The fourth-order valence-electron chi connectivity index (χ4n) is 4.18. The first kappa shape index (κ1) is 21.5. The van der Waals surface area contributed by atoms with Gasteiger partial charge in [0.05, 0.1) is 23.4 Å². The zero-order valence-corrected chi connectivity index (χ0v) is 20.0. The van der Waals surface area contributed by atoms with Gasteiger partial charge >= 0.3 is 0 Å². The van der Waals surface area contributed by atoms with Gasteiger partial charge < -0.3 is 10.1 Å². The summed E-state index contributed by atoms with van der Waals surface area (Å²) < 4.78 is 7.06. The topological polar surface area (TPSA) is 73.2 Å². The standard InChI is InChI=1S/C24H27N3O3S2/c1-14(21(28)25-15-11-12-15)31-24-26-22-20(18-9-4-3-5-10-19(18)32-22)23(29)27(24)16-7-6-8-17(13-16)30-2/h6-8,13-15H,3-5,9-12H2,1-2H3,(H,25,28). The van der Waals surface area contributed by atoms with Crippen molar-refractivity contribution in [1.82, 2.24) is 14.9 Å². The Hall–Kier alpha value is -2.32. The van der Waals surface area contributed by atoms with Crippen molar-refractivity contribution in [1.29, 1.82) is 0 Å². The van der Waals surface area contributed by atoms with Crippen LogP contribution in [0, 0.1) is 0 Å². The number of ether oxygens (including phenoxy) is 1. The van der Waals surface area contributed by atoms with Gasteiger partial charge in [0.25, 0.3) is 5.56 Å². The molecule has 3 aromatic rings. The van der Waals surface area contributed by atoms with Gasteiger partial charge in [-0.1, -0.05) is 24.2 Å². The van der Waals surface area contributed by atoms with Crippen molar-refractivity contribution in [2.24, 2.45) is 0 Å². The second-order valence-corrected chi connectivity index (χ2v) is 10.9. The molecule has 1 unspecified atom stereocenters. The summed E-state index contributed by atoms with van der Waals surface area (Å²) in [6.07, 6.45) is 7.48. The molecule has 0 bridgehead atoms. The van der Waals surface area contributed by atoms with E-state index in [0.717, 1.165) is 48.7 Å². The molecule has 0 spiro atoms. The number of nitrogens with one attached hydrogen (secondary N) is 1. The Morgan fingerprint density at radius 3 is 2.88 bits per heavy atom. The fourth-order valence-corrected chi connectivity index (χ4v) is 6.42. The van der Waals surface area contributed by atoms with E-state index in [-0.39, 0.29) is 16.7 Å². The van der Waals surface area contributed by atoms with Crippen LogP contribution in [0.3, 0.4) is 0 Å². The van der Waals surface area contributed by atoms with Gasteiger partial charge in [0.2, 0.25) is 5.91 Å². The van der Waals surface area contributed by atoms with E-state index in [1.807, 2.05) is 31.2 Å². The molecule has 2 heterocycles. The maximum absolute atomic E-state index is 13.9. The molecule has 6 nitrogen and oxygen atoms in total. The number of methoxy groups -OCH3 is 1. The van der Waals surface area contributed by atoms with Crippen molar-refractivity contribution in [3.63, 3.8) is 0 Å². The molecule has 1 fully saturated rings. The van der Waals surface area contributed by atoms with Gasteiger partial charge in [-0.2, -0.15) is 0 Å². The molecule has 1 N–H and O–H groups in total. The van der Waals surface area contributed by atoms with Gasteiger partial charge in [0.1, 0.15) is 10.6 Å². The lowest BCUT2D eigenvalue weighted by Gasteiger charge is -2.16. The molecule has 168 valence electrons. The third-order valence-electron chi connectivity index (χ3n) is 6.09. The van der Waals surface area contributed by atoms with E-state index < -0.39 is 0 Å². The average Bonchev–Trinajstić information content (AvgIpc) is 3.57. The van der Waals surface area contributed by atoms with Crippen LogP contribution in [0.25, 0.3) is 15.9 Å². The second-order valence-electron chi connectivity index (χ2n) is 8.52. The lowest BCUT2D eigenvalue weighted by atomic mass is 10.1. The molecular formula is C24H27N3O3S2. The number of thiophene rings is 1. The molecule has 32 heavy (non-hydrogen) atoms. The van der Waals surface area contributed by atoms with E-state index >= 15 is 0 Å². The smallest absolute Gasteiger partial charge is 0.267 e. The van der Waals surface area contributed by atoms with Crippen LogP contribution in [-0.4, -0.2) is 33.9 Å². The Balaban J connectivity index is 1.64. The molecule has 5 rings (SSSR count). The number of amides is 1. The number of hydrogen-bond acceptors (Lipinski definition) is 6. The van der Waals surface area contributed by atoms with Gasteiger partial charge in [-0.25, -0.2) is 4.98 Å². The maximum Gasteiger partial charge on any atom is 0.267 e. The van der Waals surface area contributed by atoms with E-state index in [0.29, 0.717) is 22.6 Å². The van der Waals surface area contributed by atoms with E-state index in [9.17, 15) is 9.59 Å². The fraction of sp³-hybridized carbons (Fsp3) is 0.458. The second kappa shape index (κ2) is 8.90. The minimum absolute atomic E-state index is 0.00833. The van der Waals surface area contributed by atoms with E-state index in [2.05, 4.69) is 5.32 Å². The summed E-state index contributed by atoms with van der Waals surface area (Å²) in [5, 5.41) is 4.00. The molecule has 0 radical (unpaired) electrons. The highest BCUT2D eigenvalue weighted by atomic mass is 32.2. The normalized spacial score (nSPS) is 16.9. The van der Waals surface area contributed by atoms with Crippen molar-refractivity contribution >= 4 is 39.2 Å². The van der Waals surface area contributed by atoms with E-state index in [4.69, 9.17) is 9.72 Å². The zero-order valence-electron chi connectivity index (χ0n) is 18.3. The van der Waals surface area contributed by atoms with Crippen LogP contribution in [-0.2, 0) is 17.6 Å². The highest BCUT2D eigenvalue weighted by Gasteiger charge is 2.28. The predicted molar refractivity (Wildman–Crippen MR) is 130 cm³/mol. The maximum atomic E-state index is 13.9.